The predicted octanol–water partition coefficient (Wildman–Crippen LogP) is 4.81. The lowest BCUT2D eigenvalue weighted by Gasteiger charge is -2.10. The van der Waals surface area contributed by atoms with Crippen LogP contribution in [0.25, 0.3) is 0 Å². The molecule has 0 fully saturated rings. The lowest BCUT2D eigenvalue weighted by atomic mass is 10.1. The summed E-state index contributed by atoms with van der Waals surface area (Å²) in [5, 5.41) is 15.4. The summed E-state index contributed by atoms with van der Waals surface area (Å²) in [5.41, 5.74) is 3.14. The Morgan fingerprint density at radius 3 is 2.54 bits per heavy atom. The Morgan fingerprint density at radius 1 is 1.27 bits per heavy atom. The Morgan fingerprint density at radius 2 is 1.96 bits per heavy atom. The van der Waals surface area contributed by atoms with Gasteiger partial charge in [0.25, 0.3) is 5.91 Å². The zero-order valence-electron chi connectivity index (χ0n) is 14.9. The number of nitrogens with one attached hydrogen (secondary N) is 2. The number of hydrogen-bond acceptors (Lipinski definition) is 4. The van der Waals surface area contributed by atoms with E-state index in [1.165, 1.54) is 6.20 Å². The number of ether oxygens (including phenoxy) is 1. The summed E-state index contributed by atoms with van der Waals surface area (Å²) >= 11 is 6.22. The topological polar surface area (TPSA) is 74.1 Å². The molecule has 0 atom stereocenters. The Labute approximate surface area is 158 Å². The molecule has 0 radical (unpaired) electrons. The Kier molecular flexibility index (Phi) is 6.65. The molecule has 1 amide bonds. The third kappa shape index (κ3) is 5.01. The standard InChI is InChI=1S/C20H20ClN3O2/c1-4-26-17-7-5-16(6-8-17)24-20(25)15(11-22)12-23-19-14(3)9-13(2)10-18(19)21/h5-10,12,23H,4H2,1-3H3,(H,24,25)/b15-12-. The van der Waals surface area contributed by atoms with Crippen molar-refractivity contribution < 1.29 is 9.53 Å². The van der Waals surface area contributed by atoms with Crippen molar-refractivity contribution in [2.75, 3.05) is 17.2 Å². The molecule has 2 N–H and O–H groups in total. The Bertz CT molecular complexity index is 845. The SMILES string of the molecule is CCOc1ccc(NC(=O)/C(C#N)=C\Nc2c(C)cc(C)cc2Cl)cc1. The summed E-state index contributed by atoms with van der Waals surface area (Å²) in [5.74, 6) is 0.206. The smallest absolute Gasteiger partial charge is 0.267 e. The summed E-state index contributed by atoms with van der Waals surface area (Å²) in [6.07, 6.45) is 1.35. The molecule has 26 heavy (non-hydrogen) atoms. The van der Waals surface area contributed by atoms with Crippen LogP contribution in [0.5, 0.6) is 5.75 Å². The third-order valence-electron chi connectivity index (χ3n) is 3.58. The van der Waals surface area contributed by atoms with Crippen LogP contribution in [0.2, 0.25) is 5.02 Å². The van der Waals surface area contributed by atoms with Crippen molar-refractivity contribution in [3.8, 4) is 11.8 Å². The number of aryl methyl sites for hydroxylation is 2. The fraction of sp³-hybridized carbons (Fsp3) is 0.200. The van der Waals surface area contributed by atoms with Crippen LogP contribution in [0.4, 0.5) is 11.4 Å². The molecule has 5 nitrogen and oxygen atoms in total. The Hall–Kier alpha value is -2.97. The van der Waals surface area contributed by atoms with Crippen molar-refractivity contribution in [2.24, 2.45) is 0 Å². The molecule has 0 saturated carbocycles. The van der Waals surface area contributed by atoms with Gasteiger partial charge in [0.05, 0.1) is 17.3 Å². The molecule has 2 aromatic carbocycles. The average Bonchev–Trinajstić information content (AvgIpc) is 2.59. The fourth-order valence-electron chi connectivity index (χ4n) is 2.39. The summed E-state index contributed by atoms with van der Waals surface area (Å²) in [6, 6.07) is 12.6. The lowest BCUT2D eigenvalue weighted by Crippen LogP contribution is -2.14. The number of benzene rings is 2. The summed E-state index contributed by atoms with van der Waals surface area (Å²) in [4.78, 5) is 12.3. The van der Waals surface area contributed by atoms with Crippen LogP contribution in [-0.4, -0.2) is 12.5 Å². The number of nitriles is 1. The first-order chi connectivity index (χ1) is 12.4. The molecule has 0 aromatic heterocycles. The zero-order valence-corrected chi connectivity index (χ0v) is 15.6. The molecule has 0 aliphatic rings. The molecule has 134 valence electrons. The zero-order chi connectivity index (χ0) is 19.1. The molecular weight excluding hydrogens is 350 g/mol. The highest BCUT2D eigenvalue weighted by Gasteiger charge is 2.11. The minimum Gasteiger partial charge on any atom is -0.494 e. The monoisotopic (exact) mass is 369 g/mol. The van der Waals surface area contributed by atoms with Gasteiger partial charge in [-0.3, -0.25) is 4.79 Å². The van der Waals surface area contributed by atoms with Gasteiger partial charge in [0.15, 0.2) is 0 Å². The third-order valence-corrected chi connectivity index (χ3v) is 3.88. The maximum Gasteiger partial charge on any atom is 0.267 e. The molecule has 0 aliphatic carbocycles. The van der Waals surface area contributed by atoms with Gasteiger partial charge in [-0.25, -0.2) is 0 Å². The maximum atomic E-state index is 12.3. The highest BCUT2D eigenvalue weighted by Crippen LogP contribution is 2.27. The van der Waals surface area contributed by atoms with E-state index in [9.17, 15) is 10.1 Å². The number of carbonyl (C=O) groups is 1. The molecule has 2 rings (SSSR count). The normalized spacial score (nSPS) is 10.8. The van der Waals surface area contributed by atoms with Crippen LogP contribution in [0.1, 0.15) is 18.1 Å². The van der Waals surface area contributed by atoms with Gasteiger partial charge in [-0.2, -0.15) is 5.26 Å². The molecule has 6 heteroatoms. The van der Waals surface area contributed by atoms with E-state index < -0.39 is 5.91 Å². The van der Waals surface area contributed by atoms with E-state index in [0.717, 1.165) is 11.1 Å². The molecule has 0 heterocycles. The minimum atomic E-state index is -0.509. The molecule has 0 unspecified atom stereocenters. The highest BCUT2D eigenvalue weighted by molar-refractivity contribution is 6.33. The highest BCUT2D eigenvalue weighted by atomic mass is 35.5. The van der Waals surface area contributed by atoms with Gasteiger partial charge in [-0.05, 0) is 62.2 Å². The second-order valence-corrected chi connectivity index (χ2v) is 6.07. The van der Waals surface area contributed by atoms with Crippen molar-refractivity contribution in [3.05, 3.63) is 64.3 Å². The number of halogens is 1. The first-order valence-corrected chi connectivity index (χ1v) is 8.50. The second kappa shape index (κ2) is 8.93. The molecule has 0 aliphatic heterocycles. The number of nitrogens with zero attached hydrogens (tertiary/aromatic N) is 1. The van der Waals surface area contributed by atoms with Gasteiger partial charge in [0.1, 0.15) is 17.4 Å². The van der Waals surface area contributed by atoms with E-state index in [1.54, 1.807) is 24.3 Å². The minimum absolute atomic E-state index is 0.0603. The molecule has 0 bridgehead atoms. The van der Waals surface area contributed by atoms with E-state index in [2.05, 4.69) is 10.6 Å². The number of hydrogen-bond donors (Lipinski definition) is 2. The van der Waals surface area contributed by atoms with Crippen molar-refractivity contribution in [3.63, 3.8) is 0 Å². The van der Waals surface area contributed by atoms with Crippen molar-refractivity contribution in [1.29, 1.82) is 5.26 Å². The van der Waals surface area contributed by atoms with Crippen LogP contribution in [0.15, 0.2) is 48.2 Å². The van der Waals surface area contributed by atoms with Crippen molar-refractivity contribution in [1.82, 2.24) is 0 Å². The van der Waals surface area contributed by atoms with Gasteiger partial charge in [-0.15, -0.1) is 0 Å². The largest absolute Gasteiger partial charge is 0.494 e. The van der Waals surface area contributed by atoms with Gasteiger partial charge in [0, 0.05) is 11.9 Å². The summed E-state index contributed by atoms with van der Waals surface area (Å²) in [6.45, 7) is 6.32. The van der Waals surface area contributed by atoms with Gasteiger partial charge in [0.2, 0.25) is 0 Å². The van der Waals surface area contributed by atoms with E-state index in [4.69, 9.17) is 16.3 Å². The van der Waals surface area contributed by atoms with Crippen LogP contribution in [0, 0.1) is 25.2 Å². The molecular formula is C20H20ClN3O2. The van der Waals surface area contributed by atoms with Crippen LogP contribution < -0.4 is 15.4 Å². The first-order valence-electron chi connectivity index (χ1n) is 8.12. The molecule has 0 saturated heterocycles. The fourth-order valence-corrected chi connectivity index (χ4v) is 2.77. The summed E-state index contributed by atoms with van der Waals surface area (Å²) in [7, 11) is 0. The van der Waals surface area contributed by atoms with E-state index in [-0.39, 0.29) is 5.57 Å². The van der Waals surface area contributed by atoms with Gasteiger partial charge in [-0.1, -0.05) is 17.7 Å². The number of amides is 1. The average molecular weight is 370 g/mol. The lowest BCUT2D eigenvalue weighted by molar-refractivity contribution is -0.112. The van der Waals surface area contributed by atoms with Crippen molar-refractivity contribution >= 4 is 28.9 Å². The van der Waals surface area contributed by atoms with Crippen molar-refractivity contribution in [2.45, 2.75) is 20.8 Å². The first kappa shape index (κ1) is 19.4. The van der Waals surface area contributed by atoms with Crippen LogP contribution in [-0.2, 0) is 4.79 Å². The number of anilines is 2. The second-order valence-electron chi connectivity index (χ2n) is 5.66. The van der Waals surface area contributed by atoms with Gasteiger partial charge >= 0.3 is 0 Å². The number of rotatable bonds is 6. The maximum absolute atomic E-state index is 12.3. The summed E-state index contributed by atoms with van der Waals surface area (Å²) < 4.78 is 5.35. The van der Waals surface area contributed by atoms with Gasteiger partial charge < -0.3 is 15.4 Å². The Balaban J connectivity index is 2.11. The predicted molar refractivity (Wildman–Crippen MR) is 104 cm³/mol. The number of carbonyl (C=O) groups excluding carboxylic acids is 1. The van der Waals surface area contributed by atoms with Crippen LogP contribution in [0.3, 0.4) is 0 Å². The van der Waals surface area contributed by atoms with E-state index in [0.29, 0.717) is 28.8 Å². The van der Waals surface area contributed by atoms with E-state index >= 15 is 0 Å². The van der Waals surface area contributed by atoms with E-state index in [1.807, 2.05) is 39.0 Å². The molecule has 0 spiro atoms. The quantitative estimate of drug-likeness (QED) is 0.565. The van der Waals surface area contributed by atoms with Crippen LogP contribution >= 0.6 is 11.6 Å². The molecule has 2 aromatic rings.